The first kappa shape index (κ1) is 20.6. The lowest BCUT2D eigenvalue weighted by atomic mass is 10.1. The number of carbonyl (C=O) groups is 1. The van der Waals surface area contributed by atoms with E-state index in [4.69, 9.17) is 16.3 Å². The van der Waals surface area contributed by atoms with E-state index in [0.717, 1.165) is 24.6 Å². The fourth-order valence-corrected chi connectivity index (χ4v) is 3.74. The Morgan fingerprint density at radius 3 is 2.70 bits per heavy atom. The largest absolute Gasteiger partial charge is 0.476 e. The molecule has 10 heteroatoms. The fourth-order valence-electron chi connectivity index (χ4n) is 3.07. The lowest BCUT2D eigenvalue weighted by Gasteiger charge is -2.12. The van der Waals surface area contributed by atoms with E-state index in [-0.39, 0.29) is 11.0 Å². The van der Waals surface area contributed by atoms with E-state index >= 15 is 0 Å². The van der Waals surface area contributed by atoms with Crippen molar-refractivity contribution in [3.05, 3.63) is 46.7 Å². The lowest BCUT2D eigenvalue weighted by molar-refractivity contribution is 0.0982. The quantitative estimate of drug-likeness (QED) is 0.620. The number of nitrogens with zero attached hydrogens (tertiary/aromatic N) is 3. The third-order valence-electron chi connectivity index (χ3n) is 5.10. The van der Waals surface area contributed by atoms with Crippen LogP contribution in [0, 0.1) is 12.3 Å². The molecule has 30 heavy (non-hydrogen) atoms. The Bertz CT molecular complexity index is 1270. The zero-order chi connectivity index (χ0) is 21.7. The summed E-state index contributed by atoms with van der Waals surface area (Å²) in [5.74, 6) is -0.302. The van der Waals surface area contributed by atoms with Crippen LogP contribution in [0.25, 0.3) is 16.6 Å². The molecule has 0 bridgehead atoms. The van der Waals surface area contributed by atoms with Gasteiger partial charge < -0.3 is 4.74 Å². The highest BCUT2D eigenvalue weighted by Gasteiger charge is 2.38. The minimum absolute atomic E-state index is 0.222. The summed E-state index contributed by atoms with van der Waals surface area (Å²) in [6.45, 7) is 4.56. The smallest absolute Gasteiger partial charge is 0.264 e. The second-order valence-corrected chi connectivity index (χ2v) is 10.2. The van der Waals surface area contributed by atoms with Crippen LogP contribution in [0.4, 0.5) is 0 Å². The number of carbonyl (C=O) groups excluding carboxylic acids is 1. The van der Waals surface area contributed by atoms with Crippen molar-refractivity contribution in [2.45, 2.75) is 26.7 Å². The van der Waals surface area contributed by atoms with E-state index in [1.807, 2.05) is 4.72 Å². The molecule has 3 aromatic rings. The van der Waals surface area contributed by atoms with Gasteiger partial charge in [-0.25, -0.2) is 22.8 Å². The highest BCUT2D eigenvalue weighted by atomic mass is 35.5. The molecule has 1 aliphatic rings. The fraction of sp³-hybridized carbons (Fsp3) is 0.350. The molecule has 1 fully saturated rings. The van der Waals surface area contributed by atoms with Gasteiger partial charge in [0, 0.05) is 16.4 Å². The van der Waals surface area contributed by atoms with Gasteiger partial charge in [0.1, 0.15) is 5.02 Å². The van der Waals surface area contributed by atoms with Crippen molar-refractivity contribution < 1.29 is 17.9 Å². The van der Waals surface area contributed by atoms with Crippen LogP contribution >= 0.6 is 11.6 Å². The molecule has 0 radical (unpaired) electrons. The van der Waals surface area contributed by atoms with Crippen molar-refractivity contribution in [1.82, 2.24) is 19.5 Å². The summed E-state index contributed by atoms with van der Waals surface area (Å²) in [7, 11) is -3.65. The average Bonchev–Trinajstić information content (AvgIpc) is 3.31. The Balaban J connectivity index is 1.64. The summed E-state index contributed by atoms with van der Waals surface area (Å²) in [6, 6.07) is 6.59. The number of rotatable bonds is 6. The van der Waals surface area contributed by atoms with Gasteiger partial charge in [0.15, 0.2) is 0 Å². The summed E-state index contributed by atoms with van der Waals surface area (Å²) < 4.78 is 32.0. The van der Waals surface area contributed by atoms with Gasteiger partial charge >= 0.3 is 0 Å². The minimum atomic E-state index is -3.65. The Hall–Kier alpha value is -2.65. The van der Waals surface area contributed by atoms with E-state index in [1.54, 1.807) is 42.1 Å². The molecule has 0 aliphatic heterocycles. The summed E-state index contributed by atoms with van der Waals surface area (Å²) in [5.41, 5.74) is 2.51. The molecule has 4 rings (SSSR count). The van der Waals surface area contributed by atoms with E-state index in [2.05, 4.69) is 17.0 Å². The molecule has 2 heterocycles. The van der Waals surface area contributed by atoms with Crippen LogP contribution < -0.4 is 9.46 Å². The molecular weight excluding hydrogens is 428 g/mol. The van der Waals surface area contributed by atoms with E-state index in [1.165, 1.54) is 0 Å². The van der Waals surface area contributed by atoms with Crippen molar-refractivity contribution in [2.24, 2.45) is 5.41 Å². The molecule has 1 aliphatic carbocycles. The second kappa shape index (κ2) is 7.24. The molecular formula is C20H21ClN4O4S. The molecule has 2 aromatic heterocycles. The first-order valence-corrected chi connectivity index (χ1v) is 11.6. The van der Waals surface area contributed by atoms with Crippen LogP contribution in [0.2, 0.25) is 5.02 Å². The molecule has 1 amide bonds. The predicted molar refractivity (Wildman–Crippen MR) is 114 cm³/mol. The van der Waals surface area contributed by atoms with Crippen LogP contribution in [0.3, 0.4) is 0 Å². The summed E-state index contributed by atoms with van der Waals surface area (Å²) in [5, 5.41) is 5.64. The highest BCUT2D eigenvalue weighted by molar-refractivity contribution is 7.89. The minimum Gasteiger partial charge on any atom is -0.476 e. The lowest BCUT2D eigenvalue weighted by Crippen LogP contribution is -2.29. The number of ether oxygens (including phenoxy) is 1. The Kier molecular flexibility index (Phi) is 4.98. The molecule has 1 saturated carbocycles. The zero-order valence-electron chi connectivity index (χ0n) is 16.8. The monoisotopic (exact) mass is 448 g/mol. The Morgan fingerprint density at radius 1 is 1.33 bits per heavy atom. The normalized spacial score (nSPS) is 15.2. The number of amides is 1. The van der Waals surface area contributed by atoms with Crippen LogP contribution in [-0.4, -0.2) is 42.0 Å². The zero-order valence-corrected chi connectivity index (χ0v) is 18.3. The van der Waals surface area contributed by atoms with Crippen LogP contribution in [0.1, 0.15) is 35.8 Å². The molecule has 0 unspecified atom stereocenters. The summed E-state index contributed by atoms with van der Waals surface area (Å²) in [6.07, 6.45) is 4.85. The SMILES string of the molecule is Cc1nn(-c2cnc(OCC3(C)CC3)c(Cl)c2)c2ccc(C(=O)NS(C)(=O)=O)cc12. The van der Waals surface area contributed by atoms with Gasteiger partial charge in [-0.2, -0.15) is 5.10 Å². The summed E-state index contributed by atoms with van der Waals surface area (Å²) in [4.78, 5) is 16.5. The number of aromatic nitrogens is 3. The van der Waals surface area contributed by atoms with Crippen molar-refractivity contribution in [3.63, 3.8) is 0 Å². The van der Waals surface area contributed by atoms with Gasteiger partial charge in [-0.05, 0) is 44.0 Å². The number of sulfonamides is 1. The van der Waals surface area contributed by atoms with Gasteiger partial charge in [0.25, 0.3) is 5.91 Å². The molecule has 1 N–H and O–H groups in total. The second-order valence-electron chi connectivity index (χ2n) is 8.01. The van der Waals surface area contributed by atoms with Gasteiger partial charge in [-0.15, -0.1) is 0 Å². The number of nitrogens with one attached hydrogen (secondary N) is 1. The standard InChI is InChI=1S/C20H21ClN4O4S/c1-12-15-8-13(18(26)24-30(3,27)28)4-5-17(15)25(23-12)14-9-16(21)19(22-10-14)29-11-20(2)6-7-20/h4-5,8-10H,6-7,11H2,1-3H3,(H,24,26). The first-order chi connectivity index (χ1) is 14.0. The average molecular weight is 449 g/mol. The number of aryl methyl sites for hydroxylation is 1. The number of hydrogen-bond acceptors (Lipinski definition) is 6. The third-order valence-corrected chi connectivity index (χ3v) is 5.93. The number of halogens is 1. The number of fused-ring (bicyclic) bond motifs is 1. The van der Waals surface area contributed by atoms with E-state index in [9.17, 15) is 13.2 Å². The predicted octanol–water partition coefficient (Wildman–Crippen LogP) is 3.25. The molecule has 0 spiro atoms. The Morgan fingerprint density at radius 2 is 2.07 bits per heavy atom. The number of benzene rings is 1. The van der Waals surface area contributed by atoms with Crippen LogP contribution in [0.5, 0.6) is 5.88 Å². The van der Waals surface area contributed by atoms with Crippen LogP contribution in [0.15, 0.2) is 30.5 Å². The molecule has 0 atom stereocenters. The topological polar surface area (TPSA) is 103 Å². The summed E-state index contributed by atoms with van der Waals surface area (Å²) >= 11 is 6.38. The maximum atomic E-state index is 12.2. The molecule has 158 valence electrons. The highest BCUT2D eigenvalue weighted by Crippen LogP contribution is 2.45. The molecule has 8 nitrogen and oxygen atoms in total. The molecule has 0 saturated heterocycles. The van der Waals surface area contributed by atoms with E-state index in [0.29, 0.717) is 34.3 Å². The van der Waals surface area contributed by atoms with Gasteiger partial charge in [-0.1, -0.05) is 18.5 Å². The van der Waals surface area contributed by atoms with Gasteiger partial charge in [0.05, 0.1) is 36.0 Å². The van der Waals surface area contributed by atoms with Crippen molar-refractivity contribution in [3.8, 4) is 11.6 Å². The first-order valence-electron chi connectivity index (χ1n) is 9.35. The van der Waals surface area contributed by atoms with Crippen molar-refractivity contribution in [2.75, 3.05) is 12.9 Å². The van der Waals surface area contributed by atoms with Crippen LogP contribution in [-0.2, 0) is 10.0 Å². The number of hydrogen-bond donors (Lipinski definition) is 1. The van der Waals surface area contributed by atoms with Crippen molar-refractivity contribution >= 4 is 38.4 Å². The molecule has 1 aromatic carbocycles. The van der Waals surface area contributed by atoms with Crippen molar-refractivity contribution in [1.29, 1.82) is 0 Å². The van der Waals surface area contributed by atoms with Gasteiger partial charge in [0.2, 0.25) is 15.9 Å². The third kappa shape index (κ3) is 4.27. The maximum absolute atomic E-state index is 12.2. The maximum Gasteiger partial charge on any atom is 0.264 e. The van der Waals surface area contributed by atoms with Gasteiger partial charge in [-0.3, -0.25) is 4.79 Å². The number of pyridine rings is 1. The van der Waals surface area contributed by atoms with E-state index < -0.39 is 15.9 Å². The Labute approximate surface area is 179 Å².